The van der Waals surface area contributed by atoms with Crippen LogP contribution in [-0.4, -0.2) is 16.6 Å². The highest BCUT2D eigenvalue weighted by molar-refractivity contribution is 5.20. The van der Waals surface area contributed by atoms with Crippen molar-refractivity contribution in [3.05, 3.63) is 54.0 Å². The quantitative estimate of drug-likeness (QED) is 0.787. The van der Waals surface area contributed by atoms with E-state index in [0.717, 1.165) is 30.7 Å². The average Bonchev–Trinajstić information content (AvgIpc) is 2.44. The molecule has 0 saturated carbocycles. The molecule has 106 valence electrons. The highest BCUT2D eigenvalue weighted by Crippen LogP contribution is 2.29. The van der Waals surface area contributed by atoms with E-state index < -0.39 is 11.7 Å². The number of aryl methyl sites for hydroxylation is 1. The molecule has 20 heavy (non-hydrogen) atoms. The monoisotopic (exact) mass is 282 g/mol. The molecule has 2 aromatic heterocycles. The first-order valence-electron chi connectivity index (χ1n) is 6.10. The van der Waals surface area contributed by atoms with Crippen LogP contribution in [0.3, 0.4) is 0 Å². The standard InChI is InChI=1S/C14H13F3N2O/c15-14(16,17)12-3-4-13(19-10-12)20-9-1-2-11-5-7-18-8-6-11/h3-8,10H,1-2,9H2. The van der Waals surface area contributed by atoms with E-state index in [0.29, 0.717) is 6.61 Å². The van der Waals surface area contributed by atoms with Gasteiger partial charge in [0.1, 0.15) is 0 Å². The van der Waals surface area contributed by atoms with Gasteiger partial charge in [-0.15, -0.1) is 0 Å². The Balaban J connectivity index is 1.77. The topological polar surface area (TPSA) is 35.0 Å². The SMILES string of the molecule is FC(F)(F)c1ccc(OCCCc2ccncc2)nc1. The third kappa shape index (κ3) is 4.22. The van der Waals surface area contributed by atoms with Crippen molar-refractivity contribution in [3.8, 4) is 5.88 Å². The van der Waals surface area contributed by atoms with E-state index >= 15 is 0 Å². The van der Waals surface area contributed by atoms with Crippen LogP contribution >= 0.6 is 0 Å². The molecule has 0 bridgehead atoms. The lowest BCUT2D eigenvalue weighted by molar-refractivity contribution is -0.137. The Morgan fingerprint density at radius 3 is 2.40 bits per heavy atom. The van der Waals surface area contributed by atoms with Crippen LogP contribution in [-0.2, 0) is 12.6 Å². The van der Waals surface area contributed by atoms with Gasteiger partial charge in [0, 0.05) is 24.7 Å². The number of aromatic nitrogens is 2. The molecule has 0 aliphatic carbocycles. The Hall–Kier alpha value is -2.11. The van der Waals surface area contributed by atoms with Crippen molar-refractivity contribution >= 4 is 0 Å². The summed E-state index contributed by atoms with van der Waals surface area (Å²) < 4.78 is 42.3. The molecule has 3 nitrogen and oxygen atoms in total. The van der Waals surface area contributed by atoms with Crippen molar-refractivity contribution in [2.75, 3.05) is 6.61 Å². The Kier molecular flexibility index (Phi) is 4.55. The predicted octanol–water partition coefficient (Wildman–Crippen LogP) is 3.51. The second-order valence-corrected chi connectivity index (χ2v) is 4.19. The van der Waals surface area contributed by atoms with Gasteiger partial charge in [-0.1, -0.05) is 0 Å². The van der Waals surface area contributed by atoms with Gasteiger partial charge in [0.05, 0.1) is 12.2 Å². The molecule has 0 amide bonds. The van der Waals surface area contributed by atoms with E-state index in [1.54, 1.807) is 12.4 Å². The lowest BCUT2D eigenvalue weighted by Crippen LogP contribution is -2.06. The molecule has 2 heterocycles. The smallest absolute Gasteiger partial charge is 0.417 e. The summed E-state index contributed by atoms with van der Waals surface area (Å²) in [5, 5.41) is 0. The van der Waals surface area contributed by atoms with Gasteiger partial charge in [0.2, 0.25) is 5.88 Å². The van der Waals surface area contributed by atoms with Gasteiger partial charge in [0.25, 0.3) is 0 Å². The first-order valence-corrected chi connectivity index (χ1v) is 6.10. The highest BCUT2D eigenvalue weighted by Gasteiger charge is 2.30. The number of halogens is 3. The fourth-order valence-corrected chi connectivity index (χ4v) is 1.64. The normalized spacial score (nSPS) is 11.3. The summed E-state index contributed by atoms with van der Waals surface area (Å²) in [7, 11) is 0. The number of hydrogen-bond donors (Lipinski definition) is 0. The summed E-state index contributed by atoms with van der Waals surface area (Å²) in [5.74, 6) is 0.202. The molecule has 0 aliphatic heterocycles. The number of rotatable bonds is 5. The summed E-state index contributed by atoms with van der Waals surface area (Å²) in [6, 6.07) is 6.02. The van der Waals surface area contributed by atoms with Gasteiger partial charge in [0.15, 0.2) is 0 Å². The lowest BCUT2D eigenvalue weighted by atomic mass is 10.1. The predicted molar refractivity (Wildman–Crippen MR) is 67.3 cm³/mol. The molecule has 0 N–H and O–H groups in total. The molecule has 0 saturated heterocycles. The molecule has 0 unspecified atom stereocenters. The minimum absolute atomic E-state index is 0.202. The molecule has 0 fully saturated rings. The van der Waals surface area contributed by atoms with Crippen molar-refractivity contribution in [1.82, 2.24) is 9.97 Å². The van der Waals surface area contributed by atoms with Crippen molar-refractivity contribution in [2.45, 2.75) is 19.0 Å². The van der Waals surface area contributed by atoms with Crippen molar-refractivity contribution in [2.24, 2.45) is 0 Å². The molecule has 6 heteroatoms. The van der Waals surface area contributed by atoms with E-state index in [2.05, 4.69) is 9.97 Å². The van der Waals surface area contributed by atoms with Crippen molar-refractivity contribution < 1.29 is 17.9 Å². The maximum absolute atomic E-state index is 12.3. The van der Waals surface area contributed by atoms with Crippen LogP contribution in [0.4, 0.5) is 13.2 Å². The van der Waals surface area contributed by atoms with Crippen molar-refractivity contribution in [3.63, 3.8) is 0 Å². The van der Waals surface area contributed by atoms with E-state index in [1.807, 2.05) is 12.1 Å². The second kappa shape index (κ2) is 6.36. The van der Waals surface area contributed by atoms with Crippen LogP contribution in [0.2, 0.25) is 0 Å². The Labute approximate surface area is 114 Å². The fraction of sp³-hybridized carbons (Fsp3) is 0.286. The van der Waals surface area contributed by atoms with Crippen LogP contribution in [0.1, 0.15) is 17.5 Å². The number of hydrogen-bond acceptors (Lipinski definition) is 3. The average molecular weight is 282 g/mol. The number of nitrogens with zero attached hydrogens (tertiary/aromatic N) is 2. The molecule has 2 rings (SSSR count). The summed E-state index contributed by atoms with van der Waals surface area (Å²) in [6.45, 7) is 0.403. The molecular formula is C14H13F3N2O. The zero-order chi connectivity index (χ0) is 14.4. The molecule has 0 aromatic carbocycles. The van der Waals surface area contributed by atoms with Crippen LogP contribution < -0.4 is 4.74 Å². The van der Waals surface area contributed by atoms with Crippen LogP contribution in [0, 0.1) is 0 Å². The third-order valence-corrected chi connectivity index (χ3v) is 2.67. The summed E-state index contributed by atoms with van der Waals surface area (Å²) in [4.78, 5) is 7.55. The van der Waals surface area contributed by atoms with Gasteiger partial charge in [-0.2, -0.15) is 13.2 Å². The molecule has 2 aromatic rings. The molecular weight excluding hydrogens is 269 g/mol. The minimum atomic E-state index is -4.37. The number of pyridine rings is 2. The summed E-state index contributed by atoms with van der Waals surface area (Å²) >= 11 is 0. The maximum atomic E-state index is 12.3. The van der Waals surface area contributed by atoms with E-state index in [1.165, 1.54) is 6.07 Å². The Morgan fingerprint density at radius 2 is 1.80 bits per heavy atom. The van der Waals surface area contributed by atoms with E-state index in [4.69, 9.17) is 4.74 Å². The molecule has 0 spiro atoms. The Morgan fingerprint density at radius 1 is 1.05 bits per heavy atom. The molecule has 0 radical (unpaired) electrons. The lowest BCUT2D eigenvalue weighted by Gasteiger charge is -2.08. The summed E-state index contributed by atoms with van der Waals surface area (Å²) in [6.07, 6.45) is 1.42. The van der Waals surface area contributed by atoms with Crippen LogP contribution in [0.5, 0.6) is 5.88 Å². The van der Waals surface area contributed by atoms with Crippen LogP contribution in [0.15, 0.2) is 42.9 Å². The van der Waals surface area contributed by atoms with Gasteiger partial charge < -0.3 is 4.74 Å². The van der Waals surface area contributed by atoms with Crippen molar-refractivity contribution in [1.29, 1.82) is 0 Å². The maximum Gasteiger partial charge on any atom is 0.417 e. The zero-order valence-electron chi connectivity index (χ0n) is 10.6. The zero-order valence-corrected chi connectivity index (χ0v) is 10.6. The Bertz CT molecular complexity index is 526. The van der Waals surface area contributed by atoms with Gasteiger partial charge >= 0.3 is 6.18 Å². The summed E-state index contributed by atoms with van der Waals surface area (Å²) in [5.41, 5.74) is 0.366. The molecule has 0 aliphatic rings. The first-order chi connectivity index (χ1) is 9.55. The minimum Gasteiger partial charge on any atom is -0.478 e. The van der Waals surface area contributed by atoms with Gasteiger partial charge in [-0.05, 0) is 36.6 Å². The van der Waals surface area contributed by atoms with Gasteiger partial charge in [-0.3, -0.25) is 4.98 Å². The molecule has 0 atom stereocenters. The number of ether oxygens (including phenoxy) is 1. The number of alkyl halides is 3. The van der Waals surface area contributed by atoms with Gasteiger partial charge in [-0.25, -0.2) is 4.98 Å². The fourth-order valence-electron chi connectivity index (χ4n) is 1.64. The largest absolute Gasteiger partial charge is 0.478 e. The van der Waals surface area contributed by atoms with E-state index in [9.17, 15) is 13.2 Å². The van der Waals surface area contributed by atoms with Crippen LogP contribution in [0.25, 0.3) is 0 Å². The highest BCUT2D eigenvalue weighted by atomic mass is 19.4. The second-order valence-electron chi connectivity index (χ2n) is 4.19. The third-order valence-electron chi connectivity index (χ3n) is 2.67. The van der Waals surface area contributed by atoms with E-state index in [-0.39, 0.29) is 5.88 Å². The first kappa shape index (κ1) is 14.3.